The molecule has 1 aromatic carbocycles. The minimum atomic E-state index is 0.663. The van der Waals surface area contributed by atoms with Gasteiger partial charge in [-0.15, -0.1) is 0 Å². The highest BCUT2D eigenvalue weighted by Gasteiger charge is 2.17. The van der Waals surface area contributed by atoms with E-state index < -0.39 is 0 Å². The van der Waals surface area contributed by atoms with Crippen LogP contribution in [0.5, 0.6) is 5.75 Å². The molecule has 2 rings (SSSR count). The lowest BCUT2D eigenvalue weighted by Gasteiger charge is -2.31. The molecule has 0 amide bonds. The van der Waals surface area contributed by atoms with Crippen LogP contribution in [0.15, 0.2) is 24.3 Å². The Balaban J connectivity index is 1.68. The minimum Gasteiger partial charge on any atom is -0.492 e. The van der Waals surface area contributed by atoms with Crippen LogP contribution in [-0.4, -0.2) is 37.7 Å². The van der Waals surface area contributed by atoms with Gasteiger partial charge in [-0.3, -0.25) is 4.90 Å². The van der Waals surface area contributed by atoms with Gasteiger partial charge in [0.05, 0.1) is 11.6 Å². The Bertz CT molecular complexity index is 416. The van der Waals surface area contributed by atoms with Gasteiger partial charge in [-0.2, -0.15) is 5.26 Å². The van der Waals surface area contributed by atoms with Crippen molar-refractivity contribution in [1.82, 2.24) is 4.90 Å². The third kappa shape index (κ3) is 4.23. The van der Waals surface area contributed by atoms with E-state index in [9.17, 15) is 0 Å². The summed E-state index contributed by atoms with van der Waals surface area (Å²) in [6.45, 7) is 4.71. The predicted molar refractivity (Wildman–Crippen MR) is 74.9 cm³/mol. The highest BCUT2D eigenvalue weighted by molar-refractivity contribution is 5.34. The predicted octanol–water partition coefficient (Wildman–Crippen LogP) is 1.61. The second kappa shape index (κ2) is 7.13. The molecule has 1 heterocycles. The number of hydrogen-bond acceptors (Lipinski definition) is 4. The first-order valence-electron chi connectivity index (χ1n) is 6.87. The smallest absolute Gasteiger partial charge is 0.119 e. The fourth-order valence-electron chi connectivity index (χ4n) is 2.36. The number of likely N-dealkylation sites (tertiary alicyclic amines) is 1. The lowest BCUT2D eigenvalue weighted by Crippen LogP contribution is -2.38. The van der Waals surface area contributed by atoms with E-state index in [0.717, 1.165) is 31.9 Å². The van der Waals surface area contributed by atoms with Gasteiger partial charge in [-0.25, -0.2) is 0 Å². The maximum absolute atomic E-state index is 8.71. The molecule has 1 fully saturated rings. The Labute approximate surface area is 114 Å². The third-order valence-electron chi connectivity index (χ3n) is 3.70. The van der Waals surface area contributed by atoms with E-state index in [1.807, 2.05) is 12.1 Å². The van der Waals surface area contributed by atoms with E-state index in [1.54, 1.807) is 12.1 Å². The van der Waals surface area contributed by atoms with Crippen LogP contribution in [0, 0.1) is 17.2 Å². The first kappa shape index (κ1) is 13.9. The monoisotopic (exact) mass is 259 g/mol. The molecule has 1 aromatic rings. The van der Waals surface area contributed by atoms with Crippen molar-refractivity contribution in [3.05, 3.63) is 29.8 Å². The minimum absolute atomic E-state index is 0.663. The van der Waals surface area contributed by atoms with E-state index in [1.165, 1.54) is 12.8 Å². The Morgan fingerprint density at radius 2 is 1.95 bits per heavy atom. The summed E-state index contributed by atoms with van der Waals surface area (Å²) < 4.78 is 5.69. The maximum atomic E-state index is 8.71. The fraction of sp³-hybridized carbons (Fsp3) is 0.533. The van der Waals surface area contributed by atoms with E-state index in [-0.39, 0.29) is 0 Å². The lowest BCUT2D eigenvalue weighted by molar-refractivity contribution is 0.157. The molecule has 1 saturated heterocycles. The Morgan fingerprint density at radius 3 is 2.53 bits per heavy atom. The Kier molecular flexibility index (Phi) is 5.20. The molecule has 2 N–H and O–H groups in total. The summed E-state index contributed by atoms with van der Waals surface area (Å²) in [5.74, 6) is 1.53. The summed E-state index contributed by atoms with van der Waals surface area (Å²) in [6, 6.07) is 9.35. The second-order valence-electron chi connectivity index (χ2n) is 5.01. The molecule has 0 saturated carbocycles. The molecule has 0 aliphatic carbocycles. The summed E-state index contributed by atoms with van der Waals surface area (Å²) in [7, 11) is 0. The van der Waals surface area contributed by atoms with E-state index in [0.29, 0.717) is 18.1 Å². The summed E-state index contributed by atoms with van der Waals surface area (Å²) >= 11 is 0. The molecule has 0 spiro atoms. The van der Waals surface area contributed by atoms with E-state index in [2.05, 4.69) is 11.0 Å². The largest absolute Gasteiger partial charge is 0.492 e. The number of rotatable bonds is 5. The fourth-order valence-corrected chi connectivity index (χ4v) is 2.36. The topological polar surface area (TPSA) is 62.3 Å². The first-order chi connectivity index (χ1) is 9.31. The van der Waals surface area contributed by atoms with Crippen molar-refractivity contribution < 1.29 is 4.74 Å². The van der Waals surface area contributed by atoms with Gasteiger partial charge in [0, 0.05) is 6.54 Å². The molecule has 4 nitrogen and oxygen atoms in total. The molecule has 0 atom stereocenters. The van der Waals surface area contributed by atoms with Gasteiger partial charge in [0.25, 0.3) is 0 Å². The number of hydrogen-bond donors (Lipinski definition) is 1. The van der Waals surface area contributed by atoms with Crippen molar-refractivity contribution in [1.29, 1.82) is 5.26 Å². The zero-order valence-corrected chi connectivity index (χ0v) is 11.2. The summed E-state index contributed by atoms with van der Waals surface area (Å²) in [5.41, 5.74) is 6.35. The molecular formula is C15H21N3O. The van der Waals surface area contributed by atoms with Crippen LogP contribution in [0.25, 0.3) is 0 Å². The molecule has 102 valence electrons. The standard InChI is InChI=1S/C15H21N3O/c16-11-13-1-3-15(4-2-13)19-10-9-18-7-5-14(12-17)6-8-18/h1-4,14H,5-10,12,17H2. The van der Waals surface area contributed by atoms with Gasteiger partial charge < -0.3 is 10.5 Å². The van der Waals surface area contributed by atoms with Crippen molar-refractivity contribution in [2.75, 3.05) is 32.8 Å². The number of nitrogens with two attached hydrogens (primary N) is 1. The van der Waals surface area contributed by atoms with Gasteiger partial charge >= 0.3 is 0 Å². The van der Waals surface area contributed by atoms with Gasteiger partial charge in [0.2, 0.25) is 0 Å². The Hall–Kier alpha value is -1.57. The van der Waals surface area contributed by atoms with Crippen LogP contribution in [0.1, 0.15) is 18.4 Å². The molecule has 0 bridgehead atoms. The van der Waals surface area contributed by atoms with Crippen molar-refractivity contribution >= 4 is 0 Å². The normalized spacial score (nSPS) is 17.1. The second-order valence-corrected chi connectivity index (χ2v) is 5.01. The number of piperidine rings is 1. The summed E-state index contributed by atoms with van der Waals surface area (Å²) in [5, 5.41) is 8.71. The van der Waals surface area contributed by atoms with Crippen LogP contribution < -0.4 is 10.5 Å². The van der Waals surface area contributed by atoms with Gasteiger partial charge in [-0.1, -0.05) is 0 Å². The molecule has 1 aliphatic rings. The van der Waals surface area contributed by atoms with Crippen LogP contribution in [0.3, 0.4) is 0 Å². The SMILES string of the molecule is N#Cc1ccc(OCCN2CCC(CN)CC2)cc1. The zero-order valence-electron chi connectivity index (χ0n) is 11.2. The van der Waals surface area contributed by atoms with E-state index >= 15 is 0 Å². The molecule has 0 aromatic heterocycles. The van der Waals surface area contributed by atoms with Gasteiger partial charge in [0.1, 0.15) is 12.4 Å². The first-order valence-corrected chi connectivity index (χ1v) is 6.87. The van der Waals surface area contributed by atoms with Crippen molar-refractivity contribution in [3.63, 3.8) is 0 Å². The third-order valence-corrected chi connectivity index (χ3v) is 3.70. The van der Waals surface area contributed by atoms with Crippen molar-refractivity contribution in [3.8, 4) is 11.8 Å². The lowest BCUT2D eigenvalue weighted by atomic mass is 9.97. The summed E-state index contributed by atoms with van der Waals surface area (Å²) in [6.07, 6.45) is 2.40. The van der Waals surface area contributed by atoms with Crippen molar-refractivity contribution in [2.24, 2.45) is 11.7 Å². The molecule has 4 heteroatoms. The average Bonchev–Trinajstić information content (AvgIpc) is 2.49. The maximum Gasteiger partial charge on any atom is 0.119 e. The molecule has 1 aliphatic heterocycles. The Morgan fingerprint density at radius 1 is 1.26 bits per heavy atom. The highest BCUT2D eigenvalue weighted by Crippen LogP contribution is 2.16. The van der Waals surface area contributed by atoms with Crippen LogP contribution in [0.4, 0.5) is 0 Å². The van der Waals surface area contributed by atoms with Crippen molar-refractivity contribution in [2.45, 2.75) is 12.8 Å². The highest BCUT2D eigenvalue weighted by atomic mass is 16.5. The summed E-state index contributed by atoms with van der Waals surface area (Å²) in [4.78, 5) is 2.43. The molecule has 0 radical (unpaired) electrons. The van der Waals surface area contributed by atoms with Crippen LogP contribution >= 0.6 is 0 Å². The number of benzene rings is 1. The zero-order chi connectivity index (χ0) is 13.5. The van der Waals surface area contributed by atoms with Crippen LogP contribution in [-0.2, 0) is 0 Å². The van der Waals surface area contributed by atoms with Gasteiger partial charge in [0.15, 0.2) is 0 Å². The average molecular weight is 259 g/mol. The van der Waals surface area contributed by atoms with Gasteiger partial charge in [-0.05, 0) is 62.7 Å². The van der Waals surface area contributed by atoms with E-state index in [4.69, 9.17) is 15.7 Å². The number of ether oxygens (including phenoxy) is 1. The van der Waals surface area contributed by atoms with Crippen LogP contribution in [0.2, 0.25) is 0 Å². The quantitative estimate of drug-likeness (QED) is 0.872. The number of nitrogens with zero attached hydrogens (tertiary/aromatic N) is 2. The molecular weight excluding hydrogens is 238 g/mol. The molecule has 0 unspecified atom stereocenters. The number of nitriles is 1. The molecule has 19 heavy (non-hydrogen) atoms.